The topological polar surface area (TPSA) is 37.8 Å². The van der Waals surface area contributed by atoms with E-state index in [2.05, 4.69) is 29.1 Å². The molecule has 4 heteroatoms. The van der Waals surface area contributed by atoms with Crippen LogP contribution in [-0.2, 0) is 0 Å². The Morgan fingerprint density at radius 3 is 2.75 bits per heavy atom. The van der Waals surface area contributed by atoms with Crippen molar-refractivity contribution < 1.29 is 4.39 Å². The molecule has 1 N–H and O–H groups in total. The first kappa shape index (κ1) is 15.2. The third-order valence-electron chi connectivity index (χ3n) is 4.30. The summed E-state index contributed by atoms with van der Waals surface area (Å²) in [4.78, 5) is 8.87. The maximum atomic E-state index is 14.0. The molecule has 2 rings (SSSR count). The second-order valence-electron chi connectivity index (χ2n) is 5.89. The molecule has 3 nitrogen and oxygen atoms in total. The van der Waals surface area contributed by atoms with Crippen molar-refractivity contribution in [2.75, 3.05) is 11.9 Å². The van der Waals surface area contributed by atoms with Gasteiger partial charge in [0.1, 0.15) is 5.82 Å². The van der Waals surface area contributed by atoms with Crippen molar-refractivity contribution in [3.05, 3.63) is 17.3 Å². The summed E-state index contributed by atoms with van der Waals surface area (Å²) in [5.74, 6) is 2.09. The highest BCUT2D eigenvalue weighted by atomic mass is 19.1. The van der Waals surface area contributed by atoms with Crippen LogP contribution < -0.4 is 5.32 Å². The molecule has 20 heavy (non-hydrogen) atoms. The van der Waals surface area contributed by atoms with Gasteiger partial charge in [-0.3, -0.25) is 0 Å². The summed E-state index contributed by atoms with van der Waals surface area (Å²) in [7, 11) is 0. The Bertz CT molecular complexity index is 448. The van der Waals surface area contributed by atoms with Crippen molar-refractivity contribution in [3.8, 4) is 0 Å². The first-order valence-electron chi connectivity index (χ1n) is 7.93. The molecule has 1 aromatic heterocycles. The maximum absolute atomic E-state index is 14.0. The lowest BCUT2D eigenvalue weighted by Gasteiger charge is -2.27. The molecule has 0 radical (unpaired) electrons. The monoisotopic (exact) mass is 279 g/mol. The number of rotatable bonds is 5. The van der Waals surface area contributed by atoms with Crippen molar-refractivity contribution in [2.24, 2.45) is 5.92 Å². The standard InChI is InChI=1S/C16H26FN3/c1-4-9-18-16-14(17)11(3)19-15(20-16)13-8-6-7-12(5-2)10-13/h12-13H,4-10H2,1-3H3,(H,18,19,20). The van der Waals surface area contributed by atoms with E-state index >= 15 is 0 Å². The Kier molecular flexibility index (Phi) is 5.32. The normalized spacial score (nSPS) is 22.8. The predicted octanol–water partition coefficient (Wildman–Crippen LogP) is 4.43. The first-order chi connectivity index (χ1) is 9.65. The zero-order chi connectivity index (χ0) is 14.5. The van der Waals surface area contributed by atoms with Crippen LogP contribution in [0.25, 0.3) is 0 Å². The highest BCUT2D eigenvalue weighted by Gasteiger charge is 2.25. The van der Waals surface area contributed by atoms with Crippen LogP contribution in [-0.4, -0.2) is 16.5 Å². The smallest absolute Gasteiger partial charge is 0.186 e. The highest BCUT2D eigenvalue weighted by Crippen LogP contribution is 2.36. The van der Waals surface area contributed by atoms with Crippen LogP contribution in [0.15, 0.2) is 0 Å². The van der Waals surface area contributed by atoms with Gasteiger partial charge in [0.15, 0.2) is 11.6 Å². The lowest BCUT2D eigenvalue weighted by molar-refractivity contribution is 0.306. The van der Waals surface area contributed by atoms with Gasteiger partial charge >= 0.3 is 0 Å². The number of hydrogen-bond acceptors (Lipinski definition) is 3. The van der Waals surface area contributed by atoms with Gasteiger partial charge in [0, 0.05) is 12.5 Å². The summed E-state index contributed by atoms with van der Waals surface area (Å²) in [6.45, 7) is 6.79. The number of aryl methyl sites for hydroxylation is 1. The Morgan fingerprint density at radius 1 is 1.25 bits per heavy atom. The number of hydrogen-bond donors (Lipinski definition) is 1. The minimum atomic E-state index is -0.301. The molecular weight excluding hydrogens is 253 g/mol. The van der Waals surface area contributed by atoms with E-state index in [1.165, 1.54) is 19.3 Å². The van der Waals surface area contributed by atoms with Gasteiger partial charge < -0.3 is 5.32 Å². The van der Waals surface area contributed by atoms with Gasteiger partial charge in [0.05, 0.1) is 5.69 Å². The molecule has 0 bridgehead atoms. The van der Waals surface area contributed by atoms with E-state index in [0.29, 0.717) is 17.4 Å². The fraction of sp³-hybridized carbons (Fsp3) is 0.750. The molecule has 0 aliphatic heterocycles. The SMILES string of the molecule is CCCNc1nc(C2CCCC(CC)C2)nc(C)c1F. The predicted molar refractivity (Wildman–Crippen MR) is 80.5 cm³/mol. The fourth-order valence-corrected chi connectivity index (χ4v) is 3.02. The molecule has 2 atom stereocenters. The number of aromatic nitrogens is 2. The van der Waals surface area contributed by atoms with Gasteiger partial charge in [-0.2, -0.15) is 0 Å². The van der Waals surface area contributed by atoms with Gasteiger partial charge in [-0.05, 0) is 32.1 Å². The zero-order valence-corrected chi connectivity index (χ0v) is 12.9. The summed E-state index contributed by atoms with van der Waals surface area (Å²) in [5, 5.41) is 3.08. The molecule has 112 valence electrons. The van der Waals surface area contributed by atoms with E-state index in [0.717, 1.165) is 37.5 Å². The lowest BCUT2D eigenvalue weighted by atomic mass is 9.80. The van der Waals surface area contributed by atoms with E-state index in [1.54, 1.807) is 6.92 Å². The second kappa shape index (κ2) is 7.00. The van der Waals surface area contributed by atoms with Crippen LogP contribution in [0.3, 0.4) is 0 Å². The first-order valence-corrected chi connectivity index (χ1v) is 7.93. The van der Waals surface area contributed by atoms with E-state index < -0.39 is 0 Å². The van der Waals surface area contributed by atoms with Crippen molar-refractivity contribution in [1.82, 2.24) is 9.97 Å². The fourth-order valence-electron chi connectivity index (χ4n) is 3.02. The van der Waals surface area contributed by atoms with Crippen LogP contribution >= 0.6 is 0 Å². The van der Waals surface area contributed by atoms with Crippen molar-refractivity contribution in [2.45, 2.75) is 65.2 Å². The zero-order valence-electron chi connectivity index (χ0n) is 12.9. The van der Waals surface area contributed by atoms with Crippen molar-refractivity contribution >= 4 is 5.82 Å². The molecule has 1 aromatic rings. The van der Waals surface area contributed by atoms with Gasteiger partial charge in [-0.25, -0.2) is 14.4 Å². The second-order valence-corrected chi connectivity index (χ2v) is 5.89. The van der Waals surface area contributed by atoms with Crippen LogP contribution in [0.2, 0.25) is 0 Å². The Labute approximate surface area is 121 Å². The Hall–Kier alpha value is -1.19. The summed E-state index contributed by atoms with van der Waals surface area (Å²) < 4.78 is 14.0. The molecule has 0 amide bonds. The molecule has 2 unspecified atom stereocenters. The van der Waals surface area contributed by atoms with Gasteiger partial charge in [-0.1, -0.05) is 33.1 Å². The molecule has 1 fully saturated rings. The largest absolute Gasteiger partial charge is 0.368 e. The third kappa shape index (κ3) is 3.47. The molecule has 0 aromatic carbocycles. The average molecular weight is 279 g/mol. The number of anilines is 1. The van der Waals surface area contributed by atoms with E-state index in [4.69, 9.17) is 0 Å². The van der Waals surface area contributed by atoms with E-state index in [1.807, 2.05) is 0 Å². The van der Waals surface area contributed by atoms with Crippen LogP contribution in [0.1, 0.15) is 69.8 Å². The summed E-state index contributed by atoms with van der Waals surface area (Å²) >= 11 is 0. The lowest BCUT2D eigenvalue weighted by Crippen LogP contribution is -2.18. The number of halogens is 1. The van der Waals surface area contributed by atoms with E-state index in [9.17, 15) is 4.39 Å². The Morgan fingerprint density at radius 2 is 2.05 bits per heavy atom. The molecule has 1 heterocycles. The maximum Gasteiger partial charge on any atom is 0.186 e. The van der Waals surface area contributed by atoms with Crippen molar-refractivity contribution in [3.63, 3.8) is 0 Å². The third-order valence-corrected chi connectivity index (χ3v) is 4.30. The van der Waals surface area contributed by atoms with E-state index in [-0.39, 0.29) is 5.82 Å². The molecule has 1 saturated carbocycles. The van der Waals surface area contributed by atoms with Gasteiger partial charge in [0.2, 0.25) is 0 Å². The van der Waals surface area contributed by atoms with Gasteiger partial charge in [-0.15, -0.1) is 0 Å². The molecule has 0 spiro atoms. The summed E-state index contributed by atoms with van der Waals surface area (Å²) in [6.07, 6.45) is 7.01. The molecule has 1 aliphatic carbocycles. The molecular formula is C16H26FN3. The minimum Gasteiger partial charge on any atom is -0.368 e. The van der Waals surface area contributed by atoms with Gasteiger partial charge in [0.25, 0.3) is 0 Å². The average Bonchev–Trinajstić information content (AvgIpc) is 2.48. The minimum absolute atomic E-state index is 0.301. The highest BCUT2D eigenvalue weighted by molar-refractivity contribution is 5.38. The quantitative estimate of drug-likeness (QED) is 0.866. The van der Waals surface area contributed by atoms with Crippen molar-refractivity contribution in [1.29, 1.82) is 0 Å². The molecule has 0 saturated heterocycles. The van der Waals surface area contributed by atoms with Crippen LogP contribution in [0.5, 0.6) is 0 Å². The van der Waals surface area contributed by atoms with Crippen LogP contribution in [0, 0.1) is 18.7 Å². The summed E-state index contributed by atoms with van der Waals surface area (Å²) in [5.41, 5.74) is 0.465. The molecule has 1 aliphatic rings. The number of nitrogens with zero attached hydrogens (tertiary/aromatic N) is 2. The summed E-state index contributed by atoms with van der Waals surface area (Å²) in [6, 6.07) is 0. The Balaban J connectivity index is 2.20. The number of nitrogens with one attached hydrogen (secondary N) is 1. The van der Waals surface area contributed by atoms with Crippen LogP contribution in [0.4, 0.5) is 10.2 Å².